The second kappa shape index (κ2) is 12.0. The van der Waals surface area contributed by atoms with Gasteiger partial charge in [-0.25, -0.2) is 14.4 Å². The number of thioether (sulfide) groups is 1. The number of aldehydes is 1. The summed E-state index contributed by atoms with van der Waals surface area (Å²) in [6, 6.07) is 8.41. The summed E-state index contributed by atoms with van der Waals surface area (Å²) in [7, 11) is 2.20. The van der Waals surface area contributed by atoms with Gasteiger partial charge < -0.3 is 14.6 Å². The van der Waals surface area contributed by atoms with Crippen LogP contribution >= 0.6 is 11.8 Å². The zero-order valence-electron chi connectivity index (χ0n) is 17.7. The van der Waals surface area contributed by atoms with E-state index in [-0.39, 0.29) is 5.82 Å². The summed E-state index contributed by atoms with van der Waals surface area (Å²) in [5.74, 6) is 2.11. The Morgan fingerprint density at radius 2 is 2.00 bits per heavy atom. The van der Waals surface area contributed by atoms with Crippen molar-refractivity contribution in [2.75, 3.05) is 43.9 Å². The molecule has 0 bridgehead atoms. The third kappa shape index (κ3) is 7.36. The first kappa shape index (κ1) is 22.7. The minimum Gasteiger partial charge on any atom is -0.355 e. The summed E-state index contributed by atoms with van der Waals surface area (Å²) < 4.78 is 12.5. The summed E-state index contributed by atoms with van der Waals surface area (Å²) in [4.78, 5) is 24.5. The van der Waals surface area contributed by atoms with Gasteiger partial charge in [-0.2, -0.15) is 0 Å². The molecule has 0 amide bonds. The number of anilines is 1. The minimum atomic E-state index is -0.263. The summed E-state index contributed by atoms with van der Waals surface area (Å²) in [5.41, 5.74) is 1.23. The number of benzene rings is 1. The summed E-state index contributed by atoms with van der Waals surface area (Å²) in [5, 5.41) is 0. The third-order valence-corrected chi connectivity index (χ3v) is 6.48. The average molecular weight is 431 g/mol. The second-order valence-electron chi connectivity index (χ2n) is 7.95. The zero-order chi connectivity index (χ0) is 21.2. The van der Waals surface area contributed by atoms with E-state index in [1.165, 1.54) is 61.8 Å². The highest BCUT2D eigenvalue weighted by Crippen LogP contribution is 2.29. The van der Waals surface area contributed by atoms with Gasteiger partial charge in [0.2, 0.25) is 0 Å². The molecule has 162 valence electrons. The van der Waals surface area contributed by atoms with Crippen LogP contribution in [0, 0.1) is 11.7 Å². The van der Waals surface area contributed by atoms with Crippen LogP contribution in [0.2, 0.25) is 0 Å². The van der Waals surface area contributed by atoms with E-state index in [9.17, 15) is 9.18 Å². The van der Waals surface area contributed by atoms with Gasteiger partial charge in [0.15, 0.2) is 0 Å². The fourth-order valence-electron chi connectivity index (χ4n) is 3.63. The molecule has 0 unspecified atom stereocenters. The smallest absolute Gasteiger partial charge is 0.132 e. The van der Waals surface area contributed by atoms with Gasteiger partial charge in [-0.1, -0.05) is 25.3 Å². The topological polar surface area (TPSA) is 49.3 Å². The monoisotopic (exact) mass is 430 g/mol. The van der Waals surface area contributed by atoms with Crippen molar-refractivity contribution in [1.82, 2.24) is 14.9 Å². The number of hydrogen-bond acceptors (Lipinski definition) is 6. The maximum absolute atomic E-state index is 12.5. The van der Waals surface area contributed by atoms with Crippen LogP contribution in [0.4, 0.5) is 10.2 Å². The Bertz CT molecular complexity index is 802. The lowest BCUT2D eigenvalue weighted by atomic mass is 9.82. The molecule has 2 aromatic rings. The summed E-state index contributed by atoms with van der Waals surface area (Å²) in [6.45, 7) is 4.51. The molecule has 7 heteroatoms. The lowest BCUT2D eigenvalue weighted by molar-refractivity contribution is -0.105. The van der Waals surface area contributed by atoms with Gasteiger partial charge in [0.05, 0.1) is 5.75 Å². The maximum Gasteiger partial charge on any atom is 0.132 e. The zero-order valence-corrected chi connectivity index (χ0v) is 18.5. The highest BCUT2D eigenvalue weighted by molar-refractivity contribution is 7.99. The summed E-state index contributed by atoms with van der Waals surface area (Å²) >= 11 is 1.33. The molecular formula is C23H31FN4OS. The fraction of sp³-hybridized carbons (Fsp3) is 0.522. The normalized spacial score (nSPS) is 17.5. The van der Waals surface area contributed by atoms with Crippen molar-refractivity contribution in [2.24, 2.45) is 5.92 Å². The Balaban J connectivity index is 0.000000199. The van der Waals surface area contributed by atoms with Crippen molar-refractivity contribution in [1.29, 1.82) is 0 Å². The molecule has 1 saturated heterocycles. The molecule has 2 aliphatic rings. The van der Waals surface area contributed by atoms with E-state index in [4.69, 9.17) is 0 Å². The van der Waals surface area contributed by atoms with Crippen molar-refractivity contribution in [2.45, 2.75) is 37.0 Å². The molecule has 0 spiro atoms. The molecule has 0 atom stereocenters. The van der Waals surface area contributed by atoms with Crippen molar-refractivity contribution in [3.63, 3.8) is 0 Å². The molecule has 1 aromatic heterocycles. The van der Waals surface area contributed by atoms with E-state index in [0.717, 1.165) is 49.0 Å². The first-order valence-electron chi connectivity index (χ1n) is 10.7. The van der Waals surface area contributed by atoms with E-state index >= 15 is 0 Å². The maximum atomic E-state index is 12.5. The van der Waals surface area contributed by atoms with Gasteiger partial charge in [0, 0.05) is 36.3 Å². The van der Waals surface area contributed by atoms with Gasteiger partial charge in [0.1, 0.15) is 24.2 Å². The van der Waals surface area contributed by atoms with Crippen LogP contribution in [0.1, 0.15) is 31.4 Å². The SMILES string of the molecule is CN1CCCN(c2cc(CC3CCC3)ncn2)CC1.O=CCSc1cccc(F)c1. The van der Waals surface area contributed by atoms with Gasteiger partial charge in [-0.15, -0.1) is 11.8 Å². The van der Waals surface area contributed by atoms with Crippen molar-refractivity contribution in [3.8, 4) is 0 Å². The number of hydrogen-bond donors (Lipinski definition) is 0. The standard InChI is InChI=1S/C15H24N4.C8H7FOS/c1-18-6-3-7-19(9-8-18)15-11-14(16-12-17-15)10-13-4-2-5-13;9-7-2-1-3-8(6-7)11-5-4-10/h11-13H,2-10H2,1H3;1-4,6H,5H2. The van der Waals surface area contributed by atoms with Crippen LogP contribution in [0.15, 0.2) is 41.6 Å². The quantitative estimate of drug-likeness (QED) is 0.508. The summed E-state index contributed by atoms with van der Waals surface area (Å²) in [6.07, 6.45) is 9.08. The number of halogens is 1. The molecule has 0 radical (unpaired) electrons. The highest BCUT2D eigenvalue weighted by atomic mass is 32.2. The first-order valence-corrected chi connectivity index (χ1v) is 11.7. The van der Waals surface area contributed by atoms with E-state index < -0.39 is 0 Å². The van der Waals surface area contributed by atoms with E-state index in [2.05, 4.69) is 32.9 Å². The van der Waals surface area contributed by atoms with Crippen molar-refractivity contribution in [3.05, 3.63) is 48.2 Å². The van der Waals surface area contributed by atoms with Crippen molar-refractivity contribution < 1.29 is 9.18 Å². The molecule has 5 nitrogen and oxygen atoms in total. The number of rotatable bonds is 6. The average Bonchev–Trinajstić information content (AvgIpc) is 2.94. The van der Waals surface area contributed by atoms with Crippen LogP contribution < -0.4 is 4.90 Å². The molecule has 2 fully saturated rings. The number of carbonyl (C=O) groups is 1. The third-order valence-electron chi connectivity index (χ3n) is 5.59. The minimum absolute atomic E-state index is 0.263. The van der Waals surface area contributed by atoms with Crippen molar-refractivity contribution >= 4 is 23.9 Å². The lowest BCUT2D eigenvalue weighted by Crippen LogP contribution is -2.29. The number of aromatic nitrogens is 2. The molecular weight excluding hydrogens is 399 g/mol. The Morgan fingerprint density at radius 3 is 2.73 bits per heavy atom. The fourth-order valence-corrected chi connectivity index (χ4v) is 4.26. The Hall–Kier alpha value is -1.99. The molecule has 1 aliphatic carbocycles. The number of likely N-dealkylation sites (N-methyl/N-ethyl adjacent to an activating group) is 1. The van der Waals surface area contributed by atoms with Gasteiger partial charge in [0.25, 0.3) is 0 Å². The Morgan fingerprint density at radius 1 is 1.13 bits per heavy atom. The van der Waals surface area contributed by atoms with Crippen LogP contribution in [0.5, 0.6) is 0 Å². The molecule has 30 heavy (non-hydrogen) atoms. The van der Waals surface area contributed by atoms with E-state index in [1.807, 2.05) is 0 Å². The van der Waals surface area contributed by atoms with Crippen LogP contribution in [0.25, 0.3) is 0 Å². The predicted molar refractivity (Wildman–Crippen MR) is 121 cm³/mol. The molecule has 1 saturated carbocycles. The van der Waals surface area contributed by atoms with Gasteiger partial charge in [-0.05, 0) is 50.6 Å². The molecule has 1 aromatic carbocycles. The van der Waals surface area contributed by atoms with E-state index in [1.54, 1.807) is 18.5 Å². The number of carbonyl (C=O) groups excluding carboxylic acids is 1. The largest absolute Gasteiger partial charge is 0.355 e. The van der Waals surface area contributed by atoms with Crippen LogP contribution in [-0.2, 0) is 11.2 Å². The predicted octanol–water partition coefficient (Wildman–Crippen LogP) is 4.08. The van der Waals surface area contributed by atoms with E-state index in [0.29, 0.717) is 5.75 Å². The van der Waals surface area contributed by atoms with Crippen LogP contribution in [0.3, 0.4) is 0 Å². The highest BCUT2D eigenvalue weighted by Gasteiger charge is 2.19. The Labute approximate surface area is 183 Å². The second-order valence-corrected chi connectivity index (χ2v) is 9.04. The molecule has 4 rings (SSSR count). The Kier molecular flexibility index (Phi) is 9.08. The van der Waals surface area contributed by atoms with Crippen LogP contribution in [-0.4, -0.2) is 60.1 Å². The van der Waals surface area contributed by atoms with Gasteiger partial charge in [-0.3, -0.25) is 0 Å². The number of nitrogens with zero attached hydrogens (tertiary/aromatic N) is 4. The molecule has 1 aliphatic heterocycles. The molecule has 0 N–H and O–H groups in total. The molecule has 2 heterocycles. The lowest BCUT2D eigenvalue weighted by Gasteiger charge is -2.26. The first-order chi connectivity index (χ1) is 14.6. The van der Waals surface area contributed by atoms with Gasteiger partial charge >= 0.3 is 0 Å².